The maximum absolute atomic E-state index is 12.0. The molecule has 0 atom stereocenters. The summed E-state index contributed by atoms with van der Waals surface area (Å²) in [6, 6.07) is 5.11. The predicted octanol–water partition coefficient (Wildman–Crippen LogP) is 2.60. The third kappa shape index (κ3) is 2.67. The lowest BCUT2D eigenvalue weighted by Crippen LogP contribution is -2.14. The molecule has 20 heavy (non-hydrogen) atoms. The molecule has 7 nitrogen and oxygen atoms in total. The van der Waals surface area contributed by atoms with E-state index >= 15 is 0 Å². The molecule has 1 amide bonds. The molecule has 0 aliphatic rings. The van der Waals surface area contributed by atoms with Gasteiger partial charge in [-0.15, -0.1) is 0 Å². The number of benzene rings is 1. The number of amides is 1. The van der Waals surface area contributed by atoms with Gasteiger partial charge < -0.3 is 10.4 Å². The van der Waals surface area contributed by atoms with Crippen molar-refractivity contribution in [3.05, 3.63) is 57.4 Å². The maximum atomic E-state index is 12.0. The zero-order valence-corrected chi connectivity index (χ0v) is 10.7. The lowest BCUT2D eigenvalue weighted by Gasteiger charge is -2.08. The van der Waals surface area contributed by atoms with Crippen molar-refractivity contribution in [3.8, 4) is 5.75 Å². The SMILES string of the molecule is O=C(Nc1c(O)cccc1[N+](=O)[O-])c1cnccc1Cl. The molecule has 0 aliphatic heterocycles. The number of phenols is 1. The highest BCUT2D eigenvalue weighted by molar-refractivity contribution is 6.34. The van der Waals surface area contributed by atoms with Gasteiger partial charge in [-0.1, -0.05) is 17.7 Å². The molecular weight excluding hydrogens is 286 g/mol. The molecule has 0 spiro atoms. The number of anilines is 1. The minimum Gasteiger partial charge on any atom is -0.505 e. The molecule has 2 rings (SSSR count). The topological polar surface area (TPSA) is 105 Å². The van der Waals surface area contributed by atoms with E-state index in [4.69, 9.17) is 11.6 Å². The first kappa shape index (κ1) is 13.8. The first-order valence-corrected chi connectivity index (χ1v) is 5.75. The van der Waals surface area contributed by atoms with E-state index in [0.717, 1.165) is 0 Å². The molecule has 0 aliphatic carbocycles. The molecule has 1 heterocycles. The summed E-state index contributed by atoms with van der Waals surface area (Å²) in [5.74, 6) is -1.11. The summed E-state index contributed by atoms with van der Waals surface area (Å²) in [5.41, 5.74) is -0.660. The number of carbonyl (C=O) groups excluding carboxylic acids is 1. The minimum absolute atomic E-state index is 0.0479. The van der Waals surface area contributed by atoms with Crippen molar-refractivity contribution in [1.82, 2.24) is 4.98 Å². The molecule has 0 radical (unpaired) electrons. The van der Waals surface area contributed by atoms with Crippen LogP contribution in [0.3, 0.4) is 0 Å². The molecule has 8 heteroatoms. The van der Waals surface area contributed by atoms with Crippen molar-refractivity contribution in [3.63, 3.8) is 0 Å². The third-order valence-corrected chi connectivity index (χ3v) is 2.80. The summed E-state index contributed by atoms with van der Waals surface area (Å²) < 4.78 is 0. The molecule has 0 fully saturated rings. The number of nitrogens with one attached hydrogen (secondary N) is 1. The van der Waals surface area contributed by atoms with Crippen LogP contribution in [0.15, 0.2) is 36.7 Å². The molecule has 102 valence electrons. The Hall–Kier alpha value is -2.67. The van der Waals surface area contributed by atoms with Gasteiger partial charge in [-0.05, 0) is 12.1 Å². The normalized spacial score (nSPS) is 10.1. The van der Waals surface area contributed by atoms with Crippen LogP contribution in [0.2, 0.25) is 5.02 Å². The molecule has 0 saturated heterocycles. The van der Waals surface area contributed by atoms with E-state index < -0.39 is 22.3 Å². The number of hydrogen-bond donors (Lipinski definition) is 2. The highest BCUT2D eigenvalue weighted by atomic mass is 35.5. The van der Waals surface area contributed by atoms with Gasteiger partial charge in [0, 0.05) is 18.5 Å². The van der Waals surface area contributed by atoms with Crippen molar-refractivity contribution >= 4 is 28.9 Å². The Bertz CT molecular complexity index is 690. The number of nitro benzene ring substituents is 1. The van der Waals surface area contributed by atoms with Gasteiger partial charge in [0.15, 0.2) is 5.69 Å². The number of rotatable bonds is 3. The van der Waals surface area contributed by atoms with Gasteiger partial charge in [0.25, 0.3) is 11.6 Å². The fourth-order valence-electron chi connectivity index (χ4n) is 1.53. The minimum atomic E-state index is -0.708. The fourth-order valence-corrected chi connectivity index (χ4v) is 1.72. The van der Waals surface area contributed by atoms with Crippen LogP contribution in [-0.4, -0.2) is 20.9 Å². The Labute approximate surface area is 118 Å². The Morgan fingerprint density at radius 1 is 1.40 bits per heavy atom. The summed E-state index contributed by atoms with van der Waals surface area (Å²) in [5, 5.41) is 22.9. The number of hydrogen-bond acceptors (Lipinski definition) is 5. The van der Waals surface area contributed by atoms with E-state index in [9.17, 15) is 20.0 Å². The van der Waals surface area contributed by atoms with Crippen LogP contribution < -0.4 is 5.32 Å². The van der Waals surface area contributed by atoms with E-state index in [0.29, 0.717) is 0 Å². The Morgan fingerprint density at radius 2 is 2.15 bits per heavy atom. The zero-order valence-electron chi connectivity index (χ0n) is 9.91. The average Bonchev–Trinajstić information content (AvgIpc) is 2.41. The Kier molecular flexibility index (Phi) is 3.81. The number of halogens is 1. The van der Waals surface area contributed by atoms with Gasteiger partial charge >= 0.3 is 0 Å². The molecule has 2 aromatic rings. The van der Waals surface area contributed by atoms with Gasteiger partial charge in [0.1, 0.15) is 5.75 Å². The predicted molar refractivity (Wildman–Crippen MR) is 72.0 cm³/mol. The second-order valence-electron chi connectivity index (χ2n) is 3.74. The number of pyridine rings is 1. The maximum Gasteiger partial charge on any atom is 0.296 e. The average molecular weight is 294 g/mol. The van der Waals surface area contributed by atoms with E-state index in [-0.39, 0.29) is 16.3 Å². The number of nitro groups is 1. The van der Waals surface area contributed by atoms with Crippen LogP contribution in [0.25, 0.3) is 0 Å². The highest BCUT2D eigenvalue weighted by Gasteiger charge is 2.21. The lowest BCUT2D eigenvalue weighted by atomic mass is 10.2. The number of phenolic OH excluding ortho intramolecular Hbond substituents is 1. The monoisotopic (exact) mass is 293 g/mol. The van der Waals surface area contributed by atoms with Crippen molar-refractivity contribution in [1.29, 1.82) is 0 Å². The third-order valence-electron chi connectivity index (χ3n) is 2.47. The molecule has 2 N–H and O–H groups in total. The number of aromatic hydroxyl groups is 1. The summed E-state index contributed by atoms with van der Waals surface area (Å²) in [6.07, 6.45) is 2.63. The van der Waals surface area contributed by atoms with Crippen LogP contribution >= 0.6 is 11.6 Å². The van der Waals surface area contributed by atoms with Crippen LogP contribution in [0.1, 0.15) is 10.4 Å². The molecule has 1 aromatic carbocycles. The van der Waals surface area contributed by atoms with Crippen LogP contribution in [0, 0.1) is 10.1 Å². The molecule has 0 saturated carbocycles. The van der Waals surface area contributed by atoms with Crippen LogP contribution in [0.5, 0.6) is 5.75 Å². The standard InChI is InChI=1S/C12H8ClN3O4/c13-8-4-5-14-6-7(8)12(18)15-11-9(16(19)20)2-1-3-10(11)17/h1-6,17H,(H,15,18). The van der Waals surface area contributed by atoms with Gasteiger partial charge in [-0.2, -0.15) is 0 Å². The number of nitrogens with zero attached hydrogens (tertiary/aromatic N) is 2. The van der Waals surface area contributed by atoms with E-state index in [2.05, 4.69) is 10.3 Å². The van der Waals surface area contributed by atoms with Gasteiger partial charge in [0.2, 0.25) is 0 Å². The van der Waals surface area contributed by atoms with E-state index in [1.807, 2.05) is 0 Å². The molecule has 0 bridgehead atoms. The van der Waals surface area contributed by atoms with Crippen molar-refractivity contribution in [2.45, 2.75) is 0 Å². The van der Waals surface area contributed by atoms with Crippen LogP contribution in [0.4, 0.5) is 11.4 Å². The summed E-state index contributed by atoms with van der Waals surface area (Å²) in [4.78, 5) is 25.9. The van der Waals surface area contributed by atoms with Gasteiger partial charge in [-0.25, -0.2) is 0 Å². The van der Waals surface area contributed by atoms with E-state index in [1.165, 1.54) is 36.7 Å². The number of carbonyl (C=O) groups is 1. The Morgan fingerprint density at radius 3 is 2.80 bits per heavy atom. The molecular formula is C12H8ClN3O4. The summed E-state index contributed by atoms with van der Waals surface area (Å²) in [7, 11) is 0. The zero-order chi connectivity index (χ0) is 14.7. The Balaban J connectivity index is 2.38. The van der Waals surface area contributed by atoms with Crippen LogP contribution in [-0.2, 0) is 0 Å². The van der Waals surface area contributed by atoms with Gasteiger partial charge in [-0.3, -0.25) is 19.9 Å². The molecule has 1 aromatic heterocycles. The summed E-state index contributed by atoms with van der Waals surface area (Å²) in [6.45, 7) is 0. The highest BCUT2D eigenvalue weighted by Crippen LogP contribution is 2.33. The fraction of sp³-hybridized carbons (Fsp3) is 0. The second-order valence-corrected chi connectivity index (χ2v) is 4.15. The molecule has 0 unspecified atom stereocenters. The number of aromatic nitrogens is 1. The smallest absolute Gasteiger partial charge is 0.296 e. The van der Waals surface area contributed by atoms with Crippen molar-refractivity contribution in [2.24, 2.45) is 0 Å². The second kappa shape index (κ2) is 5.54. The summed E-state index contributed by atoms with van der Waals surface area (Å²) >= 11 is 5.83. The number of para-hydroxylation sites is 1. The van der Waals surface area contributed by atoms with Crippen molar-refractivity contribution in [2.75, 3.05) is 5.32 Å². The quantitative estimate of drug-likeness (QED) is 0.514. The largest absolute Gasteiger partial charge is 0.505 e. The van der Waals surface area contributed by atoms with Gasteiger partial charge in [0.05, 0.1) is 15.5 Å². The van der Waals surface area contributed by atoms with E-state index in [1.54, 1.807) is 0 Å². The first-order chi connectivity index (χ1) is 9.50. The lowest BCUT2D eigenvalue weighted by molar-refractivity contribution is -0.384. The van der Waals surface area contributed by atoms with Crippen molar-refractivity contribution < 1.29 is 14.8 Å². The first-order valence-electron chi connectivity index (χ1n) is 5.38.